The van der Waals surface area contributed by atoms with Crippen molar-refractivity contribution in [3.8, 4) is 5.75 Å². The summed E-state index contributed by atoms with van der Waals surface area (Å²) < 4.78 is 5.89. The summed E-state index contributed by atoms with van der Waals surface area (Å²) in [5.74, 6) is 0.941. The summed E-state index contributed by atoms with van der Waals surface area (Å²) in [6, 6.07) is 16.2. The molecule has 2 rings (SSSR count). The number of hydrogen-bond acceptors (Lipinski definition) is 3. The van der Waals surface area contributed by atoms with Crippen molar-refractivity contribution in [2.24, 2.45) is 0 Å². The standard InChI is InChI=1S/C28H43NO2/c1-2-3-4-5-6-7-8-9-10-11-12-13-21-31-28-19-17-27(18-20-28)29-23-25-15-14-16-26(22-25)24-30/h14-20,22,29-30H,2-13,21,23-24H2,1H3. The van der Waals surface area contributed by atoms with Crippen LogP contribution in [-0.2, 0) is 13.2 Å². The first-order valence-electron chi connectivity index (χ1n) is 12.5. The van der Waals surface area contributed by atoms with Crippen molar-refractivity contribution in [3.05, 3.63) is 59.7 Å². The van der Waals surface area contributed by atoms with Crippen LogP contribution in [-0.4, -0.2) is 11.7 Å². The van der Waals surface area contributed by atoms with Crippen molar-refractivity contribution >= 4 is 5.69 Å². The molecule has 0 saturated carbocycles. The Labute approximate surface area is 190 Å². The van der Waals surface area contributed by atoms with E-state index in [0.29, 0.717) is 0 Å². The second-order valence-corrected chi connectivity index (χ2v) is 8.59. The maximum absolute atomic E-state index is 9.24. The largest absolute Gasteiger partial charge is 0.494 e. The second-order valence-electron chi connectivity index (χ2n) is 8.59. The molecule has 2 aromatic carbocycles. The molecular weight excluding hydrogens is 382 g/mol. The fraction of sp³-hybridized carbons (Fsp3) is 0.571. The van der Waals surface area contributed by atoms with Gasteiger partial charge in [0, 0.05) is 12.2 Å². The van der Waals surface area contributed by atoms with E-state index in [2.05, 4.69) is 30.4 Å². The Morgan fingerprint density at radius 2 is 1.29 bits per heavy atom. The Morgan fingerprint density at radius 1 is 0.710 bits per heavy atom. The Hall–Kier alpha value is -2.00. The Balaban J connectivity index is 1.47. The van der Waals surface area contributed by atoms with Crippen LogP contribution < -0.4 is 10.1 Å². The number of hydrogen-bond donors (Lipinski definition) is 2. The van der Waals surface area contributed by atoms with Crippen LogP contribution in [0.3, 0.4) is 0 Å². The zero-order chi connectivity index (χ0) is 22.0. The van der Waals surface area contributed by atoms with Gasteiger partial charge in [0.15, 0.2) is 0 Å². The number of aliphatic hydroxyl groups is 1. The molecule has 2 aromatic rings. The maximum Gasteiger partial charge on any atom is 0.119 e. The van der Waals surface area contributed by atoms with E-state index in [-0.39, 0.29) is 6.61 Å². The van der Waals surface area contributed by atoms with Gasteiger partial charge in [0.05, 0.1) is 13.2 Å². The molecule has 3 heteroatoms. The fourth-order valence-electron chi connectivity index (χ4n) is 3.84. The summed E-state index contributed by atoms with van der Waals surface area (Å²) in [5, 5.41) is 12.7. The zero-order valence-electron chi connectivity index (χ0n) is 19.6. The van der Waals surface area contributed by atoms with Gasteiger partial charge in [-0.2, -0.15) is 0 Å². The van der Waals surface area contributed by atoms with Crippen LogP contribution >= 0.6 is 0 Å². The first-order chi connectivity index (χ1) is 15.3. The lowest BCUT2D eigenvalue weighted by atomic mass is 10.1. The molecule has 0 saturated heterocycles. The summed E-state index contributed by atoms with van der Waals surface area (Å²) in [4.78, 5) is 0. The summed E-state index contributed by atoms with van der Waals surface area (Å²) in [6.07, 6.45) is 16.4. The fourth-order valence-corrected chi connectivity index (χ4v) is 3.84. The molecule has 0 aliphatic heterocycles. The molecule has 0 aliphatic carbocycles. The highest BCUT2D eigenvalue weighted by Crippen LogP contribution is 2.18. The minimum atomic E-state index is 0.0824. The number of benzene rings is 2. The normalized spacial score (nSPS) is 10.9. The Morgan fingerprint density at radius 3 is 1.90 bits per heavy atom. The molecule has 0 aromatic heterocycles. The smallest absolute Gasteiger partial charge is 0.119 e. The Kier molecular flexibility index (Phi) is 13.6. The first kappa shape index (κ1) is 25.3. The van der Waals surface area contributed by atoms with E-state index in [0.717, 1.165) is 36.6 Å². The van der Waals surface area contributed by atoms with Crippen LogP contribution in [0, 0.1) is 0 Å². The average molecular weight is 426 g/mol. The third-order valence-electron chi connectivity index (χ3n) is 5.79. The van der Waals surface area contributed by atoms with Gasteiger partial charge in [-0.05, 0) is 41.8 Å². The predicted molar refractivity (Wildman–Crippen MR) is 133 cm³/mol. The number of unbranched alkanes of at least 4 members (excludes halogenated alkanes) is 11. The molecule has 0 atom stereocenters. The van der Waals surface area contributed by atoms with Crippen molar-refractivity contribution < 1.29 is 9.84 Å². The molecule has 0 fully saturated rings. The van der Waals surface area contributed by atoms with Crippen molar-refractivity contribution in [1.82, 2.24) is 0 Å². The SMILES string of the molecule is CCCCCCCCCCCCCCOc1ccc(NCc2cccc(CO)c2)cc1. The van der Waals surface area contributed by atoms with E-state index in [9.17, 15) is 5.11 Å². The van der Waals surface area contributed by atoms with Gasteiger partial charge in [0.1, 0.15) is 5.75 Å². The minimum Gasteiger partial charge on any atom is -0.494 e. The van der Waals surface area contributed by atoms with E-state index in [1.54, 1.807) is 0 Å². The van der Waals surface area contributed by atoms with Crippen LogP contribution in [0.15, 0.2) is 48.5 Å². The van der Waals surface area contributed by atoms with Crippen molar-refractivity contribution in [2.75, 3.05) is 11.9 Å². The first-order valence-corrected chi connectivity index (χ1v) is 12.5. The predicted octanol–water partition coefficient (Wildman–Crippen LogP) is 7.87. The van der Waals surface area contributed by atoms with Crippen molar-refractivity contribution in [1.29, 1.82) is 0 Å². The highest BCUT2D eigenvalue weighted by molar-refractivity contribution is 5.46. The van der Waals surface area contributed by atoms with Crippen LogP contribution in [0.1, 0.15) is 95.1 Å². The zero-order valence-corrected chi connectivity index (χ0v) is 19.6. The lowest BCUT2D eigenvalue weighted by Crippen LogP contribution is -2.01. The van der Waals surface area contributed by atoms with Gasteiger partial charge < -0.3 is 15.2 Å². The van der Waals surface area contributed by atoms with E-state index < -0.39 is 0 Å². The molecule has 0 radical (unpaired) electrons. The van der Waals surface area contributed by atoms with Crippen molar-refractivity contribution in [2.45, 2.75) is 97.1 Å². The third kappa shape index (κ3) is 11.8. The van der Waals surface area contributed by atoms with Gasteiger partial charge in [-0.1, -0.05) is 102 Å². The van der Waals surface area contributed by atoms with Gasteiger partial charge in [-0.3, -0.25) is 0 Å². The molecule has 0 amide bonds. The van der Waals surface area contributed by atoms with Crippen LogP contribution in [0.4, 0.5) is 5.69 Å². The molecule has 3 nitrogen and oxygen atoms in total. The van der Waals surface area contributed by atoms with E-state index in [1.165, 1.54) is 76.2 Å². The van der Waals surface area contributed by atoms with Gasteiger partial charge in [0.2, 0.25) is 0 Å². The highest BCUT2D eigenvalue weighted by Gasteiger charge is 1.99. The molecule has 2 N–H and O–H groups in total. The number of ether oxygens (including phenoxy) is 1. The van der Waals surface area contributed by atoms with E-state index in [4.69, 9.17) is 4.74 Å². The maximum atomic E-state index is 9.24. The van der Waals surface area contributed by atoms with Gasteiger partial charge in [-0.25, -0.2) is 0 Å². The summed E-state index contributed by atoms with van der Waals surface area (Å²) in [7, 11) is 0. The lowest BCUT2D eigenvalue weighted by molar-refractivity contribution is 0.281. The van der Waals surface area contributed by atoms with Crippen LogP contribution in [0.25, 0.3) is 0 Å². The summed E-state index contributed by atoms with van der Waals surface area (Å²) in [6.45, 7) is 3.91. The molecule has 0 unspecified atom stereocenters. The molecule has 0 aliphatic rings. The number of aliphatic hydroxyl groups excluding tert-OH is 1. The van der Waals surface area contributed by atoms with Crippen molar-refractivity contribution in [3.63, 3.8) is 0 Å². The molecule has 0 spiro atoms. The quantitative estimate of drug-likeness (QED) is 0.239. The highest BCUT2D eigenvalue weighted by atomic mass is 16.5. The monoisotopic (exact) mass is 425 g/mol. The molecule has 31 heavy (non-hydrogen) atoms. The molecule has 0 bridgehead atoms. The van der Waals surface area contributed by atoms with E-state index in [1.807, 2.05) is 30.3 Å². The topological polar surface area (TPSA) is 41.5 Å². The number of nitrogens with one attached hydrogen (secondary N) is 1. The number of anilines is 1. The lowest BCUT2D eigenvalue weighted by Gasteiger charge is -2.10. The number of rotatable bonds is 18. The van der Waals surface area contributed by atoms with Gasteiger partial charge in [0.25, 0.3) is 0 Å². The molecule has 172 valence electrons. The molecular formula is C28H43NO2. The van der Waals surface area contributed by atoms with Gasteiger partial charge in [-0.15, -0.1) is 0 Å². The summed E-state index contributed by atoms with van der Waals surface area (Å²) in [5.41, 5.74) is 3.19. The van der Waals surface area contributed by atoms with Crippen LogP contribution in [0.5, 0.6) is 5.75 Å². The second kappa shape index (κ2) is 16.7. The van der Waals surface area contributed by atoms with Gasteiger partial charge >= 0.3 is 0 Å². The Bertz CT molecular complexity index is 684. The molecule has 0 heterocycles. The summed E-state index contributed by atoms with van der Waals surface area (Å²) >= 11 is 0. The third-order valence-corrected chi connectivity index (χ3v) is 5.79. The van der Waals surface area contributed by atoms with Crippen LogP contribution in [0.2, 0.25) is 0 Å². The average Bonchev–Trinajstić information content (AvgIpc) is 2.81. The minimum absolute atomic E-state index is 0.0824. The van der Waals surface area contributed by atoms with E-state index >= 15 is 0 Å².